The van der Waals surface area contributed by atoms with Gasteiger partial charge in [0.05, 0.1) is 13.7 Å². The van der Waals surface area contributed by atoms with Gasteiger partial charge in [0.25, 0.3) is 5.91 Å². The highest BCUT2D eigenvalue weighted by atomic mass is 32.2. The lowest BCUT2D eigenvalue weighted by Gasteiger charge is -2.40. The Kier molecular flexibility index (Phi) is 9.32. The van der Waals surface area contributed by atoms with E-state index in [1.165, 1.54) is 21.0 Å². The lowest BCUT2D eigenvalue weighted by Crippen LogP contribution is -2.52. The summed E-state index contributed by atoms with van der Waals surface area (Å²) in [7, 11) is 1.23. The highest BCUT2D eigenvalue weighted by molar-refractivity contribution is 7.99. The van der Waals surface area contributed by atoms with Crippen molar-refractivity contribution in [3.05, 3.63) is 35.9 Å². The summed E-state index contributed by atoms with van der Waals surface area (Å²) in [5.41, 5.74) is -0.304. The highest BCUT2D eigenvalue weighted by Gasteiger charge is 2.44. The number of hydrogen-bond acceptors (Lipinski definition) is 9. The average Bonchev–Trinajstić information content (AvgIpc) is 2.74. The minimum absolute atomic E-state index is 0.0921. The van der Waals surface area contributed by atoms with E-state index in [-0.39, 0.29) is 18.3 Å². The van der Waals surface area contributed by atoms with Gasteiger partial charge in [-0.25, -0.2) is 4.79 Å². The van der Waals surface area contributed by atoms with Crippen molar-refractivity contribution in [3.8, 4) is 0 Å². The van der Waals surface area contributed by atoms with Crippen LogP contribution in [0.2, 0.25) is 0 Å². The van der Waals surface area contributed by atoms with Crippen molar-refractivity contribution in [2.75, 3.05) is 19.5 Å². The molecule has 170 valence electrons. The molecule has 0 unspecified atom stereocenters. The summed E-state index contributed by atoms with van der Waals surface area (Å²) >= 11 is 1.16. The normalized spacial score (nSPS) is 23.9. The van der Waals surface area contributed by atoms with E-state index in [1.807, 2.05) is 6.92 Å². The molecule has 0 radical (unpaired) electrons. The SMILES string of the molecule is COC(=O)[C@H](CS[C@H]1OC[C@H](C)[C@@H](OC(C)=O)[C@H]1OC(C)=O)NC(=O)c1ccccc1. The van der Waals surface area contributed by atoms with Crippen molar-refractivity contribution in [2.45, 2.75) is 44.5 Å². The van der Waals surface area contributed by atoms with Crippen molar-refractivity contribution in [1.29, 1.82) is 0 Å². The minimum atomic E-state index is -0.962. The van der Waals surface area contributed by atoms with Crippen LogP contribution < -0.4 is 5.32 Å². The van der Waals surface area contributed by atoms with E-state index in [2.05, 4.69) is 5.32 Å². The molecule has 0 spiro atoms. The second-order valence-electron chi connectivity index (χ2n) is 7.08. The summed E-state index contributed by atoms with van der Waals surface area (Å²) < 4.78 is 21.4. The number of nitrogens with one attached hydrogen (secondary N) is 1. The number of carbonyl (C=O) groups excluding carboxylic acids is 4. The maximum atomic E-state index is 12.5. The fourth-order valence-electron chi connectivity index (χ4n) is 3.08. The number of thioether (sulfide) groups is 1. The van der Waals surface area contributed by atoms with Crippen molar-refractivity contribution >= 4 is 35.6 Å². The fraction of sp³-hybridized carbons (Fsp3) is 0.524. The van der Waals surface area contributed by atoms with E-state index < -0.39 is 47.5 Å². The topological polar surface area (TPSA) is 117 Å². The van der Waals surface area contributed by atoms with Crippen LogP contribution in [-0.2, 0) is 33.3 Å². The number of rotatable bonds is 8. The molecule has 5 atom stereocenters. The first kappa shape index (κ1) is 24.7. The van der Waals surface area contributed by atoms with Crippen LogP contribution in [0.1, 0.15) is 31.1 Å². The molecule has 0 aromatic heterocycles. The average molecular weight is 454 g/mol. The molecule has 10 heteroatoms. The smallest absolute Gasteiger partial charge is 0.329 e. The molecule has 2 rings (SSSR count). The Morgan fingerprint density at radius 3 is 2.29 bits per heavy atom. The van der Waals surface area contributed by atoms with Crippen LogP contribution in [-0.4, -0.2) is 67.0 Å². The molecule has 1 saturated heterocycles. The van der Waals surface area contributed by atoms with Gasteiger partial charge in [-0.2, -0.15) is 0 Å². The van der Waals surface area contributed by atoms with Crippen LogP contribution >= 0.6 is 11.8 Å². The zero-order valence-electron chi connectivity index (χ0n) is 17.9. The molecule has 31 heavy (non-hydrogen) atoms. The standard InChI is InChI=1S/C21H27NO8S/c1-12-10-28-21(18(30-14(3)24)17(12)29-13(2)23)31-11-16(20(26)27-4)22-19(25)15-8-6-5-7-9-15/h5-9,12,16-18,21H,10-11H2,1-4H3,(H,22,25)/t12-,16-,17+,18+,21+/m0/s1. The van der Waals surface area contributed by atoms with E-state index in [0.29, 0.717) is 5.56 Å². The van der Waals surface area contributed by atoms with Crippen molar-refractivity contribution in [1.82, 2.24) is 5.32 Å². The van der Waals surface area contributed by atoms with Gasteiger partial charge in [0.1, 0.15) is 17.6 Å². The summed E-state index contributed by atoms with van der Waals surface area (Å²) in [5.74, 6) is -2.20. The highest BCUT2D eigenvalue weighted by Crippen LogP contribution is 2.32. The Bertz CT molecular complexity index is 787. The molecule has 0 saturated carbocycles. The second kappa shape index (κ2) is 11.7. The van der Waals surface area contributed by atoms with Crippen LogP contribution in [0.15, 0.2) is 30.3 Å². The van der Waals surface area contributed by atoms with Gasteiger partial charge in [0.2, 0.25) is 0 Å². The number of carbonyl (C=O) groups is 4. The summed E-state index contributed by atoms with van der Waals surface area (Å²) in [4.78, 5) is 47.9. The van der Waals surface area contributed by atoms with Crippen LogP contribution in [0, 0.1) is 5.92 Å². The quantitative estimate of drug-likeness (QED) is 0.462. The maximum Gasteiger partial charge on any atom is 0.329 e. The third kappa shape index (κ3) is 7.25. The Balaban J connectivity index is 2.11. The summed E-state index contributed by atoms with van der Waals surface area (Å²) in [6.45, 7) is 4.62. The molecule has 1 aromatic rings. The molecule has 0 aliphatic carbocycles. The molecule has 1 amide bonds. The summed E-state index contributed by atoms with van der Waals surface area (Å²) in [6.07, 6.45) is -1.55. The summed E-state index contributed by atoms with van der Waals surface area (Å²) in [5, 5.41) is 2.65. The second-order valence-corrected chi connectivity index (χ2v) is 8.21. The third-order valence-corrected chi connectivity index (χ3v) is 5.79. The lowest BCUT2D eigenvalue weighted by atomic mass is 9.98. The maximum absolute atomic E-state index is 12.5. The Labute approximate surface area is 185 Å². The molecule has 1 fully saturated rings. The van der Waals surface area contributed by atoms with Gasteiger partial charge in [-0.1, -0.05) is 25.1 Å². The van der Waals surface area contributed by atoms with Gasteiger partial charge in [-0.15, -0.1) is 11.8 Å². The monoisotopic (exact) mass is 453 g/mol. The van der Waals surface area contributed by atoms with E-state index in [9.17, 15) is 19.2 Å². The van der Waals surface area contributed by atoms with Gasteiger partial charge in [0, 0.05) is 31.1 Å². The number of methoxy groups -OCH3 is 1. The van der Waals surface area contributed by atoms with Gasteiger partial charge in [-0.3, -0.25) is 14.4 Å². The summed E-state index contributed by atoms with van der Waals surface area (Å²) in [6, 6.07) is 7.50. The first-order valence-corrected chi connectivity index (χ1v) is 10.8. The van der Waals surface area contributed by atoms with Gasteiger partial charge in [0.15, 0.2) is 6.10 Å². The number of esters is 3. The zero-order valence-corrected chi connectivity index (χ0v) is 18.7. The molecule has 1 aliphatic heterocycles. The predicted octanol–water partition coefficient (Wildman–Crippen LogP) is 1.55. The van der Waals surface area contributed by atoms with Crippen LogP contribution in [0.5, 0.6) is 0 Å². The molecule has 1 N–H and O–H groups in total. The zero-order chi connectivity index (χ0) is 23.0. The first-order valence-electron chi connectivity index (χ1n) is 9.74. The van der Waals surface area contributed by atoms with Crippen molar-refractivity contribution in [2.24, 2.45) is 5.92 Å². The van der Waals surface area contributed by atoms with Crippen LogP contribution in [0.4, 0.5) is 0 Å². The Morgan fingerprint density at radius 2 is 1.71 bits per heavy atom. The van der Waals surface area contributed by atoms with Gasteiger partial charge < -0.3 is 24.3 Å². The molecule has 9 nitrogen and oxygen atoms in total. The van der Waals surface area contributed by atoms with Crippen molar-refractivity contribution in [3.63, 3.8) is 0 Å². The molecular weight excluding hydrogens is 426 g/mol. The van der Waals surface area contributed by atoms with E-state index in [0.717, 1.165) is 11.8 Å². The number of ether oxygens (including phenoxy) is 4. The first-order chi connectivity index (χ1) is 14.7. The molecule has 1 aromatic carbocycles. The minimum Gasteiger partial charge on any atom is -0.467 e. The molecule has 1 heterocycles. The van der Waals surface area contributed by atoms with Gasteiger partial charge in [-0.05, 0) is 12.1 Å². The lowest BCUT2D eigenvalue weighted by molar-refractivity contribution is -0.192. The number of hydrogen-bond donors (Lipinski definition) is 1. The molecule has 0 bridgehead atoms. The van der Waals surface area contributed by atoms with Crippen LogP contribution in [0.25, 0.3) is 0 Å². The predicted molar refractivity (Wildman–Crippen MR) is 112 cm³/mol. The Hall–Kier alpha value is -2.59. The van der Waals surface area contributed by atoms with E-state index in [4.69, 9.17) is 18.9 Å². The van der Waals surface area contributed by atoms with E-state index in [1.54, 1.807) is 30.3 Å². The number of amides is 1. The van der Waals surface area contributed by atoms with Crippen LogP contribution in [0.3, 0.4) is 0 Å². The van der Waals surface area contributed by atoms with E-state index >= 15 is 0 Å². The largest absolute Gasteiger partial charge is 0.467 e. The van der Waals surface area contributed by atoms with Gasteiger partial charge >= 0.3 is 17.9 Å². The van der Waals surface area contributed by atoms with Crippen molar-refractivity contribution < 1.29 is 38.1 Å². The fourth-order valence-corrected chi connectivity index (χ4v) is 4.26. The third-order valence-electron chi connectivity index (χ3n) is 4.53. The molecular formula is C21H27NO8S. The Morgan fingerprint density at radius 1 is 1.10 bits per heavy atom. The molecule has 1 aliphatic rings. The number of benzene rings is 1.